The van der Waals surface area contributed by atoms with Gasteiger partial charge in [-0.1, -0.05) is 6.07 Å². The molecule has 1 N–H and O–H groups in total. The van der Waals surface area contributed by atoms with Crippen molar-refractivity contribution in [2.75, 3.05) is 25.1 Å². The Labute approximate surface area is 133 Å². The van der Waals surface area contributed by atoms with Gasteiger partial charge in [-0.25, -0.2) is 4.99 Å². The minimum Gasteiger partial charge on any atom is -0.463 e. The summed E-state index contributed by atoms with van der Waals surface area (Å²) in [6, 6.07) is 2.60. The van der Waals surface area contributed by atoms with E-state index < -0.39 is 23.5 Å². The van der Waals surface area contributed by atoms with Gasteiger partial charge in [0.2, 0.25) is 0 Å². The van der Waals surface area contributed by atoms with Crippen LogP contribution in [0.5, 0.6) is 0 Å². The molecule has 0 aliphatic carbocycles. The monoisotopic (exact) mass is 356 g/mol. The summed E-state index contributed by atoms with van der Waals surface area (Å²) in [7, 11) is 1.53. The second-order valence-corrected chi connectivity index (χ2v) is 5.27. The molecule has 134 valence electrons. The van der Waals surface area contributed by atoms with Crippen molar-refractivity contribution in [2.24, 2.45) is 4.99 Å². The van der Waals surface area contributed by atoms with E-state index in [-0.39, 0.29) is 11.6 Å². The van der Waals surface area contributed by atoms with Crippen LogP contribution < -0.4 is 4.90 Å². The predicted octanol–water partition coefficient (Wildman–Crippen LogP) is 3.13. The lowest BCUT2D eigenvalue weighted by Crippen LogP contribution is -2.53. The van der Waals surface area contributed by atoms with E-state index >= 15 is 0 Å². The number of halogens is 6. The van der Waals surface area contributed by atoms with Gasteiger partial charge in [0.25, 0.3) is 6.02 Å². The summed E-state index contributed by atoms with van der Waals surface area (Å²) in [6.07, 6.45) is -6.15. The molecule has 0 saturated carbocycles. The zero-order chi connectivity index (χ0) is 18.3. The van der Waals surface area contributed by atoms with E-state index in [1.165, 1.54) is 18.9 Å². The molecular weight excluding hydrogens is 342 g/mol. The van der Waals surface area contributed by atoms with Gasteiger partial charge in [-0.05, 0) is 24.6 Å². The summed E-state index contributed by atoms with van der Waals surface area (Å²) in [5.41, 5.74) is -0.829. The molecule has 0 spiro atoms. The molecule has 0 fully saturated rings. The third kappa shape index (κ3) is 2.90. The summed E-state index contributed by atoms with van der Waals surface area (Å²) < 4.78 is 83.3. The summed E-state index contributed by atoms with van der Waals surface area (Å²) in [5, 5.41) is 8.68. The molecule has 1 unspecified atom stereocenters. The van der Waals surface area contributed by atoms with Crippen molar-refractivity contribution in [3.63, 3.8) is 0 Å². The lowest BCUT2D eigenvalue weighted by atomic mass is 9.98. The lowest BCUT2D eigenvalue weighted by Gasteiger charge is -2.31. The maximum Gasteiger partial charge on any atom is 0.455 e. The van der Waals surface area contributed by atoms with Gasteiger partial charge >= 0.3 is 18.0 Å². The molecule has 4 nitrogen and oxygen atoms in total. The average molecular weight is 356 g/mol. The van der Waals surface area contributed by atoms with Crippen LogP contribution in [0.1, 0.15) is 11.1 Å². The fourth-order valence-corrected chi connectivity index (χ4v) is 2.23. The topological polar surface area (TPSA) is 45.1 Å². The Kier molecular flexibility index (Phi) is 4.47. The normalized spacial score (nSPS) is 18.0. The van der Waals surface area contributed by atoms with Crippen molar-refractivity contribution in [2.45, 2.75) is 24.9 Å². The van der Waals surface area contributed by atoms with E-state index in [9.17, 15) is 26.3 Å². The Bertz CT molecular complexity index is 657. The van der Waals surface area contributed by atoms with Crippen molar-refractivity contribution in [1.82, 2.24) is 0 Å². The summed E-state index contributed by atoms with van der Waals surface area (Å²) in [6.45, 7) is 2.14. The number of benzene rings is 1. The van der Waals surface area contributed by atoms with Crippen molar-refractivity contribution < 1.29 is 36.2 Å². The number of hydrogen-bond acceptors (Lipinski definition) is 4. The SMILES string of the molecule is Cc1cc(C(F)(F)C(O)(F)C(F)(F)F)ccc1N(C)C1=NCCO1. The standard InChI is InChI=1S/C14H14F6N2O2/c1-8-7-9(12(15,16)13(17,23)14(18,19)20)3-4-10(8)22(2)11-21-5-6-24-11/h3-4,7,23H,5-6H2,1-2H3. The molecule has 24 heavy (non-hydrogen) atoms. The number of nitrogens with zero attached hydrogens (tertiary/aromatic N) is 2. The molecule has 0 radical (unpaired) electrons. The Hall–Kier alpha value is -1.97. The predicted molar refractivity (Wildman–Crippen MR) is 73.8 cm³/mol. The van der Waals surface area contributed by atoms with Crippen LogP contribution in [-0.2, 0) is 10.7 Å². The highest BCUT2D eigenvalue weighted by Gasteiger charge is 2.71. The second kappa shape index (κ2) is 5.83. The van der Waals surface area contributed by atoms with E-state index in [0.717, 1.165) is 6.07 Å². The fourth-order valence-electron chi connectivity index (χ4n) is 2.23. The van der Waals surface area contributed by atoms with Crippen molar-refractivity contribution >= 4 is 11.7 Å². The van der Waals surface area contributed by atoms with Gasteiger partial charge in [-0.2, -0.15) is 26.3 Å². The number of rotatable bonds is 3. The number of ether oxygens (including phenoxy) is 1. The average Bonchev–Trinajstić information content (AvgIpc) is 2.99. The molecule has 1 aliphatic heterocycles. The number of amidine groups is 1. The number of hydrogen-bond donors (Lipinski definition) is 1. The highest BCUT2D eigenvalue weighted by atomic mass is 19.4. The van der Waals surface area contributed by atoms with Gasteiger partial charge < -0.3 is 9.84 Å². The van der Waals surface area contributed by atoms with Crippen molar-refractivity contribution in [3.05, 3.63) is 29.3 Å². The van der Waals surface area contributed by atoms with E-state index in [2.05, 4.69) is 4.99 Å². The number of anilines is 1. The van der Waals surface area contributed by atoms with Gasteiger partial charge in [0.1, 0.15) is 6.61 Å². The highest BCUT2D eigenvalue weighted by Crippen LogP contribution is 2.49. The van der Waals surface area contributed by atoms with Gasteiger partial charge in [-0.3, -0.25) is 4.90 Å². The van der Waals surface area contributed by atoms with E-state index in [1.54, 1.807) is 0 Å². The Morgan fingerprint density at radius 1 is 1.17 bits per heavy atom. The van der Waals surface area contributed by atoms with Crippen LogP contribution in [0.15, 0.2) is 23.2 Å². The lowest BCUT2D eigenvalue weighted by molar-refractivity contribution is -0.390. The molecule has 10 heteroatoms. The summed E-state index contributed by atoms with van der Waals surface area (Å²) >= 11 is 0. The molecular formula is C14H14F6N2O2. The molecule has 1 aliphatic rings. The number of alkyl halides is 6. The van der Waals surface area contributed by atoms with Gasteiger partial charge in [-0.15, -0.1) is 0 Å². The fraction of sp³-hybridized carbons (Fsp3) is 0.500. The van der Waals surface area contributed by atoms with Crippen LogP contribution in [-0.4, -0.2) is 43.4 Å². The van der Waals surface area contributed by atoms with E-state index in [4.69, 9.17) is 9.84 Å². The molecule has 1 heterocycles. The first-order valence-corrected chi connectivity index (χ1v) is 6.77. The molecule has 2 rings (SSSR count). The molecule has 1 aromatic rings. The van der Waals surface area contributed by atoms with Crippen LogP contribution in [0.4, 0.5) is 32.0 Å². The van der Waals surface area contributed by atoms with Crippen LogP contribution in [0.3, 0.4) is 0 Å². The molecule has 0 amide bonds. The van der Waals surface area contributed by atoms with Gasteiger partial charge in [0.15, 0.2) is 0 Å². The van der Waals surface area contributed by atoms with Crippen LogP contribution in [0.2, 0.25) is 0 Å². The Balaban J connectivity index is 2.38. The van der Waals surface area contributed by atoms with Crippen LogP contribution in [0.25, 0.3) is 0 Å². The maximum atomic E-state index is 13.8. The molecule has 0 saturated heterocycles. The number of aryl methyl sites for hydroxylation is 1. The van der Waals surface area contributed by atoms with Crippen molar-refractivity contribution in [3.8, 4) is 0 Å². The Morgan fingerprint density at radius 2 is 1.79 bits per heavy atom. The summed E-state index contributed by atoms with van der Waals surface area (Å²) in [5.74, 6) is -10.9. The number of aliphatic imine (C=N–C) groups is 1. The minimum absolute atomic E-state index is 0.130. The van der Waals surface area contributed by atoms with Crippen LogP contribution >= 0.6 is 0 Å². The minimum atomic E-state index is -6.15. The van der Waals surface area contributed by atoms with E-state index in [0.29, 0.717) is 31.0 Å². The number of aliphatic hydroxyl groups is 1. The first-order valence-electron chi connectivity index (χ1n) is 6.77. The quantitative estimate of drug-likeness (QED) is 0.847. The highest BCUT2D eigenvalue weighted by molar-refractivity contribution is 5.92. The second-order valence-electron chi connectivity index (χ2n) is 5.27. The van der Waals surface area contributed by atoms with Gasteiger partial charge in [0, 0.05) is 18.3 Å². The largest absolute Gasteiger partial charge is 0.463 e. The van der Waals surface area contributed by atoms with Gasteiger partial charge in [0.05, 0.1) is 6.54 Å². The van der Waals surface area contributed by atoms with E-state index in [1.807, 2.05) is 0 Å². The zero-order valence-corrected chi connectivity index (χ0v) is 12.7. The van der Waals surface area contributed by atoms with Crippen LogP contribution in [0, 0.1) is 6.92 Å². The molecule has 0 aromatic heterocycles. The Morgan fingerprint density at radius 3 is 2.25 bits per heavy atom. The molecule has 1 aromatic carbocycles. The molecule has 1 atom stereocenters. The smallest absolute Gasteiger partial charge is 0.455 e. The maximum absolute atomic E-state index is 13.8. The molecule has 0 bridgehead atoms. The first kappa shape index (κ1) is 18.4. The summed E-state index contributed by atoms with van der Waals surface area (Å²) in [4.78, 5) is 5.45. The zero-order valence-electron chi connectivity index (χ0n) is 12.7. The third-order valence-electron chi connectivity index (χ3n) is 3.57. The third-order valence-corrected chi connectivity index (χ3v) is 3.57. The van der Waals surface area contributed by atoms with Crippen molar-refractivity contribution in [1.29, 1.82) is 0 Å². The first-order chi connectivity index (χ1) is 10.9.